The van der Waals surface area contributed by atoms with Gasteiger partial charge in [0.05, 0.1) is 17.1 Å². The van der Waals surface area contributed by atoms with Gasteiger partial charge in [0.1, 0.15) is 5.84 Å². The molecule has 0 bridgehead atoms. The number of nitrogens with zero attached hydrogens (tertiary/aromatic N) is 5. The van der Waals surface area contributed by atoms with E-state index in [1.807, 2.05) is 30.3 Å². The van der Waals surface area contributed by atoms with Crippen molar-refractivity contribution in [2.45, 2.75) is 19.3 Å². The molecular formula is C32H38ClN11O2. The molecule has 0 unspecified atom stereocenters. The number of hydrogen-bond donors (Lipinski definition) is 6. The van der Waals surface area contributed by atoms with Gasteiger partial charge in [0.25, 0.3) is 11.7 Å². The summed E-state index contributed by atoms with van der Waals surface area (Å²) in [7, 11) is 0. The van der Waals surface area contributed by atoms with Crippen LogP contribution in [0.1, 0.15) is 24.8 Å². The zero-order valence-electron chi connectivity index (χ0n) is 25.4. The summed E-state index contributed by atoms with van der Waals surface area (Å²) in [6.45, 7) is 5.06. The van der Waals surface area contributed by atoms with Crippen LogP contribution in [0.2, 0.25) is 5.02 Å². The quantitative estimate of drug-likeness (QED) is 0.0608. The van der Waals surface area contributed by atoms with Crippen LogP contribution in [0.5, 0.6) is 0 Å². The molecule has 0 radical (unpaired) electrons. The van der Waals surface area contributed by atoms with Gasteiger partial charge in [-0.25, -0.2) is 10.5 Å². The molecule has 1 saturated heterocycles. The molecule has 0 aromatic heterocycles. The Hall–Kier alpha value is -4.85. The number of carbonyl (C=O) groups excluding carboxylic acids is 2. The van der Waals surface area contributed by atoms with Gasteiger partial charge in [-0.05, 0) is 80.5 Å². The molecule has 0 aliphatic carbocycles. The van der Waals surface area contributed by atoms with Crippen molar-refractivity contribution in [2.24, 2.45) is 20.9 Å². The minimum atomic E-state index is -0.532. The van der Waals surface area contributed by atoms with Gasteiger partial charge in [-0.2, -0.15) is 0 Å². The first kappa shape index (κ1) is 32.5. The number of hydrazone groups is 1. The number of amidine groups is 2. The second-order valence-corrected chi connectivity index (χ2v) is 11.3. The van der Waals surface area contributed by atoms with Crippen LogP contribution in [0, 0.1) is 5.53 Å². The maximum Gasteiger partial charge on any atom is 0.292 e. The Morgan fingerprint density at radius 2 is 1.74 bits per heavy atom. The molecule has 2 heterocycles. The minimum Gasteiger partial charge on any atom is -0.353 e. The van der Waals surface area contributed by atoms with Gasteiger partial charge >= 0.3 is 0 Å². The van der Waals surface area contributed by atoms with Gasteiger partial charge < -0.3 is 26.6 Å². The van der Waals surface area contributed by atoms with Crippen molar-refractivity contribution in [2.75, 3.05) is 61.9 Å². The smallest absolute Gasteiger partial charge is 0.292 e. The average molecular weight is 644 g/mol. The molecule has 0 atom stereocenters. The van der Waals surface area contributed by atoms with Crippen LogP contribution >= 0.6 is 11.6 Å². The van der Waals surface area contributed by atoms with Crippen molar-refractivity contribution >= 4 is 63.5 Å². The number of amides is 2. The average Bonchev–Trinajstić information content (AvgIpc) is 3.23. The lowest BCUT2D eigenvalue weighted by Crippen LogP contribution is -2.49. The number of piperazine rings is 1. The number of benzene rings is 3. The summed E-state index contributed by atoms with van der Waals surface area (Å²) >= 11 is 6.29. The molecule has 46 heavy (non-hydrogen) atoms. The van der Waals surface area contributed by atoms with Crippen molar-refractivity contribution in [1.29, 1.82) is 5.53 Å². The first-order valence-corrected chi connectivity index (χ1v) is 15.6. The van der Waals surface area contributed by atoms with Crippen molar-refractivity contribution in [3.8, 4) is 0 Å². The third kappa shape index (κ3) is 8.65. The Labute approximate surface area is 272 Å². The highest BCUT2D eigenvalue weighted by atomic mass is 35.5. The summed E-state index contributed by atoms with van der Waals surface area (Å²) in [6.07, 6.45) is 1.72. The summed E-state index contributed by atoms with van der Waals surface area (Å²) in [4.78, 5) is 34.1. The molecule has 14 heteroatoms. The summed E-state index contributed by atoms with van der Waals surface area (Å²) in [6, 6.07) is 20.7. The molecule has 2 aliphatic heterocycles. The van der Waals surface area contributed by atoms with E-state index in [1.54, 1.807) is 24.3 Å². The molecule has 3 aromatic carbocycles. The molecule has 0 spiro atoms. The van der Waals surface area contributed by atoms with Crippen LogP contribution in [0.3, 0.4) is 0 Å². The van der Waals surface area contributed by atoms with E-state index in [1.165, 1.54) is 0 Å². The standard InChI is InChI=1S/C32H38ClN11O2/c33-22-8-13-27-28(21-22)39-31(25-5-1-2-6-26(25)38-27)44-19-17-43(18-20-44)16-4-15-36-32(46)30(40-35)42-41-24-11-9-23(10-12-24)37-29(45)7-3-14-34/h1-2,5-6,8-13,21,35,38,41H,3-4,7,14-20,34H2,(H,36,46)(H,37,45)/b40-35?,42-30-. The topological polar surface area (TPSA) is 176 Å². The van der Waals surface area contributed by atoms with E-state index in [-0.39, 0.29) is 11.7 Å². The second-order valence-electron chi connectivity index (χ2n) is 10.9. The van der Waals surface area contributed by atoms with E-state index in [0.717, 1.165) is 67.6 Å². The van der Waals surface area contributed by atoms with Gasteiger partial charge in [-0.3, -0.25) is 19.9 Å². The number of aliphatic imine (C=N–C) groups is 1. The molecule has 1 fully saturated rings. The number of para-hydroxylation sites is 1. The highest BCUT2D eigenvalue weighted by Gasteiger charge is 2.25. The lowest BCUT2D eigenvalue weighted by molar-refractivity contribution is -0.116. The maximum absolute atomic E-state index is 12.6. The van der Waals surface area contributed by atoms with Crippen molar-refractivity contribution in [1.82, 2.24) is 15.1 Å². The Balaban J connectivity index is 1.07. The van der Waals surface area contributed by atoms with E-state index in [9.17, 15) is 9.59 Å². The highest BCUT2D eigenvalue weighted by molar-refractivity contribution is 6.38. The Morgan fingerprint density at radius 3 is 2.50 bits per heavy atom. The maximum atomic E-state index is 12.6. The first-order valence-electron chi connectivity index (χ1n) is 15.2. The number of halogens is 1. The van der Waals surface area contributed by atoms with Crippen molar-refractivity contribution in [3.63, 3.8) is 0 Å². The molecule has 3 aromatic rings. The first-order chi connectivity index (χ1) is 22.4. The van der Waals surface area contributed by atoms with Crippen molar-refractivity contribution < 1.29 is 9.59 Å². The van der Waals surface area contributed by atoms with Gasteiger partial charge in [-0.1, -0.05) is 23.7 Å². The van der Waals surface area contributed by atoms with Crippen LogP contribution in [-0.4, -0.2) is 79.1 Å². The van der Waals surface area contributed by atoms with Crippen LogP contribution in [0.4, 0.5) is 28.4 Å². The zero-order chi connectivity index (χ0) is 32.3. The Bertz CT molecular complexity index is 1600. The molecule has 2 aliphatic rings. The number of nitrogens with two attached hydrogens (primary N) is 1. The third-order valence-electron chi connectivity index (χ3n) is 7.61. The molecule has 240 valence electrons. The summed E-state index contributed by atoms with van der Waals surface area (Å²) in [5.41, 5.74) is 20.6. The second kappa shape index (κ2) is 15.9. The fourth-order valence-corrected chi connectivity index (χ4v) is 5.34. The van der Waals surface area contributed by atoms with Crippen LogP contribution in [0.15, 0.2) is 81.9 Å². The van der Waals surface area contributed by atoms with E-state index in [0.29, 0.717) is 42.3 Å². The molecule has 7 N–H and O–H groups in total. The highest BCUT2D eigenvalue weighted by Crippen LogP contribution is 2.36. The van der Waals surface area contributed by atoms with E-state index in [4.69, 9.17) is 27.9 Å². The summed E-state index contributed by atoms with van der Waals surface area (Å²) in [5.74, 6) is 0.00560. The fourth-order valence-electron chi connectivity index (χ4n) is 5.18. The van der Waals surface area contributed by atoms with E-state index in [2.05, 4.69) is 53.5 Å². The number of anilines is 4. The predicted octanol–water partition coefficient (Wildman–Crippen LogP) is 4.73. The lowest BCUT2D eigenvalue weighted by Gasteiger charge is -2.36. The van der Waals surface area contributed by atoms with Crippen LogP contribution in [-0.2, 0) is 9.59 Å². The van der Waals surface area contributed by atoms with E-state index < -0.39 is 5.91 Å². The number of carbonyl (C=O) groups is 2. The SMILES string of the molecule is N=N/C(=N\Nc1ccc(NC(=O)CCCN)cc1)C(=O)NCCCN1CCN(C2=Nc3cc(Cl)ccc3Nc3ccccc32)CC1. The Morgan fingerprint density at radius 1 is 0.978 bits per heavy atom. The number of hydrogen-bond acceptors (Lipinski definition) is 10. The summed E-state index contributed by atoms with van der Waals surface area (Å²) < 4.78 is 0. The molecule has 13 nitrogen and oxygen atoms in total. The largest absolute Gasteiger partial charge is 0.353 e. The minimum absolute atomic E-state index is 0.107. The van der Waals surface area contributed by atoms with Crippen LogP contribution < -0.4 is 27.1 Å². The predicted molar refractivity (Wildman–Crippen MR) is 183 cm³/mol. The molecule has 0 saturated carbocycles. The monoisotopic (exact) mass is 643 g/mol. The molecule has 5 rings (SSSR count). The van der Waals surface area contributed by atoms with Crippen molar-refractivity contribution in [3.05, 3.63) is 77.3 Å². The third-order valence-corrected chi connectivity index (χ3v) is 7.84. The normalized spacial score (nSPS) is 14.6. The van der Waals surface area contributed by atoms with Gasteiger partial charge in [0.2, 0.25) is 5.91 Å². The van der Waals surface area contributed by atoms with Gasteiger partial charge in [-0.15, -0.1) is 10.2 Å². The van der Waals surface area contributed by atoms with Crippen LogP contribution in [0.25, 0.3) is 0 Å². The lowest BCUT2D eigenvalue weighted by atomic mass is 10.1. The fraction of sp³-hybridized carbons (Fsp3) is 0.312. The number of rotatable bonds is 10. The number of nitrogens with one attached hydrogen (secondary N) is 5. The zero-order valence-corrected chi connectivity index (χ0v) is 26.2. The molecule has 2 amide bonds. The van der Waals surface area contributed by atoms with Gasteiger partial charge in [0.15, 0.2) is 0 Å². The van der Waals surface area contributed by atoms with Gasteiger partial charge in [0, 0.05) is 61.1 Å². The summed E-state index contributed by atoms with van der Waals surface area (Å²) in [5, 5.41) is 17.0. The van der Waals surface area contributed by atoms with E-state index >= 15 is 0 Å². The molecular weight excluding hydrogens is 606 g/mol. The Kier molecular flexibility index (Phi) is 11.3. The number of fused-ring (bicyclic) bond motifs is 2.